The molecule has 0 aliphatic heterocycles. The van der Waals surface area contributed by atoms with Gasteiger partial charge < -0.3 is 5.32 Å². The molecule has 29 heavy (non-hydrogen) atoms. The summed E-state index contributed by atoms with van der Waals surface area (Å²) in [4.78, 5) is 30.0. The molecule has 0 saturated carbocycles. The molecule has 2 heterocycles. The zero-order chi connectivity index (χ0) is 20.4. The number of rotatable bonds is 5. The Hall–Kier alpha value is -3.45. The first kappa shape index (κ1) is 18.9. The molecule has 0 aliphatic carbocycles. The normalized spacial score (nSPS) is 10.8. The third kappa shape index (κ3) is 3.77. The predicted octanol–water partition coefficient (Wildman–Crippen LogP) is 3.79. The Bertz CT molecular complexity index is 1210. The number of benzene rings is 2. The molecule has 0 radical (unpaired) electrons. The van der Waals surface area contributed by atoms with E-state index in [0.29, 0.717) is 17.1 Å². The van der Waals surface area contributed by atoms with Crippen molar-refractivity contribution in [3.8, 4) is 16.3 Å². The average molecular weight is 404 g/mol. The zero-order valence-corrected chi connectivity index (χ0v) is 16.9. The van der Waals surface area contributed by atoms with Gasteiger partial charge in [-0.15, -0.1) is 11.3 Å². The van der Waals surface area contributed by atoms with Gasteiger partial charge in [-0.05, 0) is 19.1 Å². The summed E-state index contributed by atoms with van der Waals surface area (Å²) in [5, 5.41) is 5.53. The molecule has 0 spiro atoms. The molecule has 0 aliphatic rings. The second-order valence-corrected chi connectivity index (χ2v) is 7.53. The first-order valence-electron chi connectivity index (χ1n) is 9.18. The van der Waals surface area contributed by atoms with Crippen molar-refractivity contribution < 1.29 is 4.79 Å². The zero-order valence-electron chi connectivity index (χ0n) is 16.1. The van der Waals surface area contributed by atoms with Crippen LogP contribution in [0.1, 0.15) is 11.4 Å². The molecule has 0 saturated heterocycles. The van der Waals surface area contributed by atoms with E-state index in [1.165, 1.54) is 11.3 Å². The minimum atomic E-state index is -0.263. The summed E-state index contributed by atoms with van der Waals surface area (Å²) >= 11 is 1.50. The van der Waals surface area contributed by atoms with Crippen molar-refractivity contribution in [1.82, 2.24) is 14.3 Å². The van der Waals surface area contributed by atoms with Crippen LogP contribution in [0.4, 0.5) is 5.69 Å². The van der Waals surface area contributed by atoms with Gasteiger partial charge in [0.1, 0.15) is 10.7 Å². The number of carbonyl (C=O) groups is 1. The molecule has 0 unspecified atom stereocenters. The van der Waals surface area contributed by atoms with Crippen LogP contribution in [0.5, 0.6) is 0 Å². The molecule has 7 heteroatoms. The molecule has 0 atom stereocenters. The van der Waals surface area contributed by atoms with Crippen molar-refractivity contribution in [2.24, 2.45) is 7.05 Å². The summed E-state index contributed by atoms with van der Waals surface area (Å²) in [7, 11) is 1.80. The van der Waals surface area contributed by atoms with Gasteiger partial charge in [-0.1, -0.05) is 48.5 Å². The molecule has 1 N–H and O–H groups in total. The van der Waals surface area contributed by atoms with Gasteiger partial charge in [0.2, 0.25) is 5.91 Å². The quantitative estimate of drug-likeness (QED) is 0.550. The number of hydrogen-bond acceptors (Lipinski definition) is 4. The first-order valence-corrected chi connectivity index (χ1v) is 10.1. The highest BCUT2D eigenvalue weighted by Gasteiger charge is 2.18. The van der Waals surface area contributed by atoms with E-state index < -0.39 is 0 Å². The number of nitrogens with zero attached hydrogens (tertiary/aromatic N) is 3. The molecule has 2 aromatic heterocycles. The second-order valence-electron chi connectivity index (χ2n) is 6.67. The fraction of sp³-hybridized carbons (Fsp3) is 0.136. The van der Waals surface area contributed by atoms with E-state index in [4.69, 9.17) is 0 Å². The van der Waals surface area contributed by atoms with Crippen LogP contribution in [0.2, 0.25) is 0 Å². The number of para-hydroxylation sites is 1. The van der Waals surface area contributed by atoms with Crippen molar-refractivity contribution in [1.29, 1.82) is 0 Å². The van der Waals surface area contributed by atoms with Crippen LogP contribution in [0.3, 0.4) is 0 Å². The van der Waals surface area contributed by atoms with Crippen molar-refractivity contribution in [2.45, 2.75) is 13.3 Å². The highest BCUT2D eigenvalue weighted by Crippen LogP contribution is 2.23. The van der Waals surface area contributed by atoms with Crippen molar-refractivity contribution in [3.63, 3.8) is 0 Å². The Morgan fingerprint density at radius 3 is 2.41 bits per heavy atom. The maximum Gasteiger partial charge on any atom is 0.295 e. The summed E-state index contributed by atoms with van der Waals surface area (Å²) in [6.07, 6.45) is 0.114. The van der Waals surface area contributed by atoms with Crippen LogP contribution >= 0.6 is 11.3 Å². The summed E-state index contributed by atoms with van der Waals surface area (Å²) in [6.45, 7) is 1.81. The first-order chi connectivity index (χ1) is 14.0. The molecule has 2 aromatic carbocycles. The fourth-order valence-electron chi connectivity index (χ4n) is 3.16. The van der Waals surface area contributed by atoms with E-state index in [0.717, 1.165) is 16.3 Å². The number of anilines is 1. The van der Waals surface area contributed by atoms with E-state index in [9.17, 15) is 9.59 Å². The number of hydrogen-bond donors (Lipinski definition) is 1. The molecule has 0 fully saturated rings. The summed E-state index contributed by atoms with van der Waals surface area (Å²) in [5.41, 5.74) is 3.18. The topological polar surface area (TPSA) is 68.9 Å². The van der Waals surface area contributed by atoms with E-state index in [1.807, 2.05) is 73.0 Å². The monoisotopic (exact) mass is 404 g/mol. The van der Waals surface area contributed by atoms with Gasteiger partial charge in [0.25, 0.3) is 5.56 Å². The van der Waals surface area contributed by atoms with E-state index in [1.54, 1.807) is 16.4 Å². The smallest absolute Gasteiger partial charge is 0.295 e. The number of amides is 1. The third-order valence-electron chi connectivity index (χ3n) is 4.73. The summed E-state index contributed by atoms with van der Waals surface area (Å²) < 4.78 is 3.28. The molecule has 0 bridgehead atoms. The molecule has 4 aromatic rings. The Kier molecular flexibility index (Phi) is 5.14. The standard InChI is InChI=1S/C22H20N4O2S/c1-15-20(22(28)26(25(15)2)18-11-7-4-8-12-18)24-19(27)13-17-14-29-21(23-17)16-9-5-3-6-10-16/h3-12,14H,13H2,1-2H3,(H,24,27). The predicted molar refractivity (Wildman–Crippen MR) is 116 cm³/mol. The highest BCUT2D eigenvalue weighted by atomic mass is 32.1. The lowest BCUT2D eigenvalue weighted by atomic mass is 10.2. The molecule has 146 valence electrons. The van der Waals surface area contributed by atoms with Crippen LogP contribution < -0.4 is 10.9 Å². The maximum atomic E-state index is 12.9. The van der Waals surface area contributed by atoms with Crippen molar-refractivity contribution >= 4 is 22.9 Å². The summed E-state index contributed by atoms with van der Waals surface area (Å²) in [6, 6.07) is 19.2. The number of thiazole rings is 1. The van der Waals surface area contributed by atoms with Gasteiger partial charge in [0.15, 0.2) is 0 Å². The molecule has 1 amide bonds. The number of carbonyl (C=O) groups excluding carboxylic acids is 1. The SMILES string of the molecule is Cc1c(NC(=O)Cc2csc(-c3ccccc3)n2)c(=O)n(-c2ccccc2)n1C. The van der Waals surface area contributed by atoms with Gasteiger partial charge >= 0.3 is 0 Å². The van der Waals surface area contributed by atoms with E-state index >= 15 is 0 Å². The van der Waals surface area contributed by atoms with Crippen molar-refractivity contribution in [2.75, 3.05) is 5.32 Å². The second kappa shape index (κ2) is 7.89. The molecular weight excluding hydrogens is 384 g/mol. The Morgan fingerprint density at radius 2 is 1.72 bits per heavy atom. The lowest BCUT2D eigenvalue weighted by Crippen LogP contribution is -2.23. The highest BCUT2D eigenvalue weighted by molar-refractivity contribution is 7.13. The minimum absolute atomic E-state index is 0.114. The fourth-order valence-corrected chi connectivity index (χ4v) is 3.99. The van der Waals surface area contributed by atoms with Crippen LogP contribution in [0, 0.1) is 6.92 Å². The minimum Gasteiger partial charge on any atom is -0.320 e. The van der Waals surface area contributed by atoms with Crippen LogP contribution in [-0.4, -0.2) is 20.3 Å². The van der Waals surface area contributed by atoms with Gasteiger partial charge in [-0.3, -0.25) is 14.3 Å². The summed E-state index contributed by atoms with van der Waals surface area (Å²) in [5.74, 6) is -0.263. The van der Waals surface area contributed by atoms with Gasteiger partial charge in [-0.2, -0.15) is 0 Å². The van der Waals surface area contributed by atoms with Gasteiger partial charge in [0, 0.05) is 18.0 Å². The largest absolute Gasteiger partial charge is 0.320 e. The molecule has 6 nitrogen and oxygen atoms in total. The lowest BCUT2D eigenvalue weighted by molar-refractivity contribution is -0.115. The van der Waals surface area contributed by atoms with E-state index in [-0.39, 0.29) is 17.9 Å². The Balaban J connectivity index is 1.54. The van der Waals surface area contributed by atoms with Crippen LogP contribution in [0.25, 0.3) is 16.3 Å². The van der Waals surface area contributed by atoms with Crippen molar-refractivity contribution in [3.05, 3.63) is 87.8 Å². The van der Waals surface area contributed by atoms with Crippen LogP contribution in [-0.2, 0) is 18.3 Å². The Labute approximate surface area is 172 Å². The van der Waals surface area contributed by atoms with Crippen LogP contribution in [0.15, 0.2) is 70.8 Å². The third-order valence-corrected chi connectivity index (χ3v) is 5.67. The molecular formula is C22H20N4O2S. The Morgan fingerprint density at radius 1 is 1.07 bits per heavy atom. The number of aromatic nitrogens is 3. The maximum absolute atomic E-state index is 12.9. The van der Waals surface area contributed by atoms with E-state index in [2.05, 4.69) is 10.3 Å². The van der Waals surface area contributed by atoms with Gasteiger partial charge in [0.05, 0.1) is 23.5 Å². The van der Waals surface area contributed by atoms with Gasteiger partial charge in [-0.25, -0.2) is 9.67 Å². The molecule has 4 rings (SSSR count). The lowest BCUT2D eigenvalue weighted by Gasteiger charge is -2.07. The number of nitrogens with one attached hydrogen (secondary N) is 1. The average Bonchev–Trinajstić information content (AvgIpc) is 3.28.